The Morgan fingerprint density at radius 2 is 1.12 bits per heavy atom. The Morgan fingerprint density at radius 1 is 0.500 bits per heavy atom. The number of hydrogen-bond donors (Lipinski definition) is 0. The SMILES string of the molecule is CC1(C)c2cc(N(c3cccc(-c4ccccc4)c3-c3ccccc3)c3ccc4ccccc4c3-c3ccccc3)ccc2C2C=CC=CC21. The van der Waals surface area contributed by atoms with E-state index >= 15 is 0 Å². The molecule has 0 amide bonds. The van der Waals surface area contributed by atoms with Crippen LogP contribution < -0.4 is 4.90 Å². The first kappa shape index (κ1) is 30.2. The molecule has 1 heteroatoms. The van der Waals surface area contributed by atoms with E-state index in [1.165, 1.54) is 61.0 Å². The zero-order chi connectivity index (χ0) is 33.7. The van der Waals surface area contributed by atoms with E-state index in [1.807, 2.05) is 0 Å². The third kappa shape index (κ3) is 4.92. The van der Waals surface area contributed by atoms with Crippen LogP contribution in [0.5, 0.6) is 0 Å². The molecule has 0 aliphatic heterocycles. The summed E-state index contributed by atoms with van der Waals surface area (Å²) >= 11 is 0. The van der Waals surface area contributed by atoms with Gasteiger partial charge in [0.05, 0.1) is 11.4 Å². The van der Waals surface area contributed by atoms with Gasteiger partial charge >= 0.3 is 0 Å². The Hall–Kier alpha value is -5.92. The van der Waals surface area contributed by atoms with Crippen molar-refractivity contribution in [1.29, 1.82) is 0 Å². The summed E-state index contributed by atoms with van der Waals surface area (Å²) in [7, 11) is 0. The predicted molar refractivity (Wildman–Crippen MR) is 212 cm³/mol. The summed E-state index contributed by atoms with van der Waals surface area (Å²) < 4.78 is 0. The van der Waals surface area contributed by atoms with Crippen LogP contribution in [0.4, 0.5) is 17.1 Å². The van der Waals surface area contributed by atoms with Crippen LogP contribution in [0.15, 0.2) is 188 Å². The van der Waals surface area contributed by atoms with Crippen molar-refractivity contribution in [3.63, 3.8) is 0 Å². The van der Waals surface area contributed by atoms with E-state index in [1.54, 1.807) is 0 Å². The van der Waals surface area contributed by atoms with Crippen LogP contribution in [0.1, 0.15) is 30.9 Å². The first-order valence-electron chi connectivity index (χ1n) is 17.7. The Kier molecular flexibility index (Phi) is 7.36. The second-order valence-corrected chi connectivity index (χ2v) is 14.1. The molecule has 7 aromatic rings. The molecule has 0 saturated heterocycles. The Morgan fingerprint density at radius 3 is 1.86 bits per heavy atom. The highest BCUT2D eigenvalue weighted by Gasteiger charge is 2.44. The Bertz CT molecular complexity index is 2400. The van der Waals surface area contributed by atoms with Gasteiger partial charge in [-0.05, 0) is 79.8 Å². The Labute approximate surface area is 295 Å². The monoisotopic (exact) mass is 641 g/mol. The fourth-order valence-electron chi connectivity index (χ4n) is 8.56. The third-order valence-corrected chi connectivity index (χ3v) is 11.0. The van der Waals surface area contributed by atoms with Gasteiger partial charge in [-0.1, -0.05) is 178 Å². The van der Waals surface area contributed by atoms with Gasteiger partial charge in [0, 0.05) is 22.7 Å². The molecular formula is C49H39N. The molecule has 0 aromatic heterocycles. The van der Waals surface area contributed by atoms with Crippen LogP contribution >= 0.6 is 0 Å². The summed E-state index contributed by atoms with van der Waals surface area (Å²) in [4.78, 5) is 2.54. The molecular weight excluding hydrogens is 603 g/mol. The maximum Gasteiger partial charge on any atom is 0.0546 e. The zero-order valence-electron chi connectivity index (χ0n) is 28.5. The van der Waals surface area contributed by atoms with E-state index in [2.05, 4.69) is 207 Å². The molecule has 2 atom stereocenters. The average molecular weight is 642 g/mol. The van der Waals surface area contributed by atoms with Crippen LogP contribution in [0, 0.1) is 5.92 Å². The van der Waals surface area contributed by atoms with Gasteiger partial charge in [-0.3, -0.25) is 0 Å². The molecule has 2 unspecified atom stereocenters. The molecule has 0 bridgehead atoms. The predicted octanol–water partition coefficient (Wildman–Crippen LogP) is 13.4. The maximum absolute atomic E-state index is 2.54. The molecule has 1 nitrogen and oxygen atoms in total. The lowest BCUT2D eigenvalue weighted by atomic mass is 9.74. The highest BCUT2D eigenvalue weighted by atomic mass is 15.1. The highest BCUT2D eigenvalue weighted by Crippen LogP contribution is 2.55. The summed E-state index contributed by atoms with van der Waals surface area (Å²) in [6, 6.07) is 60.1. The van der Waals surface area contributed by atoms with Crippen molar-refractivity contribution in [2.24, 2.45) is 5.92 Å². The molecule has 0 radical (unpaired) electrons. The van der Waals surface area contributed by atoms with Crippen molar-refractivity contribution >= 4 is 27.8 Å². The number of hydrogen-bond acceptors (Lipinski definition) is 1. The molecule has 0 heterocycles. The number of benzene rings is 7. The molecule has 2 aliphatic rings. The van der Waals surface area contributed by atoms with Crippen LogP contribution in [-0.2, 0) is 5.41 Å². The summed E-state index contributed by atoms with van der Waals surface area (Å²) in [6.07, 6.45) is 9.25. The number of allylic oxidation sites excluding steroid dienone is 4. The topological polar surface area (TPSA) is 3.24 Å². The highest BCUT2D eigenvalue weighted by molar-refractivity contribution is 6.07. The molecule has 50 heavy (non-hydrogen) atoms. The van der Waals surface area contributed by atoms with E-state index < -0.39 is 0 Å². The molecule has 0 saturated carbocycles. The summed E-state index contributed by atoms with van der Waals surface area (Å²) in [5.41, 5.74) is 13.6. The van der Waals surface area contributed by atoms with Crippen molar-refractivity contribution in [2.45, 2.75) is 25.2 Å². The second-order valence-electron chi connectivity index (χ2n) is 14.1. The first-order chi connectivity index (χ1) is 24.6. The molecule has 240 valence electrons. The van der Waals surface area contributed by atoms with Gasteiger partial charge in [-0.2, -0.15) is 0 Å². The van der Waals surface area contributed by atoms with Gasteiger partial charge in [0.2, 0.25) is 0 Å². The van der Waals surface area contributed by atoms with Crippen LogP contribution in [0.2, 0.25) is 0 Å². The maximum atomic E-state index is 2.54. The van der Waals surface area contributed by atoms with Gasteiger partial charge in [0.15, 0.2) is 0 Å². The van der Waals surface area contributed by atoms with Gasteiger partial charge < -0.3 is 4.90 Å². The fourth-order valence-corrected chi connectivity index (χ4v) is 8.56. The average Bonchev–Trinajstić information content (AvgIpc) is 3.41. The molecule has 2 aliphatic carbocycles. The van der Waals surface area contributed by atoms with Crippen molar-refractivity contribution in [2.75, 3.05) is 4.90 Å². The normalized spacial score (nSPS) is 17.0. The van der Waals surface area contributed by atoms with Gasteiger partial charge in [-0.15, -0.1) is 0 Å². The lowest BCUT2D eigenvalue weighted by Gasteiger charge is -2.33. The van der Waals surface area contributed by atoms with E-state index in [9.17, 15) is 0 Å². The van der Waals surface area contributed by atoms with Crippen LogP contribution in [0.3, 0.4) is 0 Å². The van der Waals surface area contributed by atoms with Crippen molar-refractivity contribution in [1.82, 2.24) is 0 Å². The standard InChI is InChI=1S/C49H39N/c1-49(2)43-27-15-14-25-41(43)42-31-30-38(33-44(42)49)50(46-32-29-35-19-12-13-24-39(35)48(46)37-22-10-5-11-23-37)45-28-16-26-40(34-17-6-3-7-18-34)47(45)36-20-8-4-9-21-36/h3-33,41,43H,1-2H3. The number of nitrogens with zero attached hydrogens (tertiary/aromatic N) is 1. The fraction of sp³-hybridized carbons (Fsp3) is 0.102. The van der Waals surface area contributed by atoms with E-state index in [4.69, 9.17) is 0 Å². The quantitative estimate of drug-likeness (QED) is 0.175. The summed E-state index contributed by atoms with van der Waals surface area (Å²) in [5, 5.41) is 2.47. The smallest absolute Gasteiger partial charge is 0.0546 e. The lowest BCUT2D eigenvalue weighted by molar-refractivity contribution is 0.394. The minimum absolute atomic E-state index is 0.0112. The zero-order valence-corrected chi connectivity index (χ0v) is 28.5. The van der Waals surface area contributed by atoms with Gasteiger partial charge in [-0.25, -0.2) is 0 Å². The second kappa shape index (κ2) is 12.2. The van der Waals surface area contributed by atoms with Crippen molar-refractivity contribution in [3.8, 4) is 33.4 Å². The Balaban J connectivity index is 1.38. The largest absolute Gasteiger partial charge is 0.309 e. The van der Waals surface area contributed by atoms with Crippen LogP contribution in [-0.4, -0.2) is 0 Å². The minimum atomic E-state index is -0.0112. The van der Waals surface area contributed by atoms with Gasteiger partial charge in [0.25, 0.3) is 0 Å². The van der Waals surface area contributed by atoms with E-state index in [0.717, 1.165) is 11.4 Å². The number of fused-ring (bicyclic) bond motifs is 4. The molecule has 0 spiro atoms. The number of anilines is 3. The summed E-state index contributed by atoms with van der Waals surface area (Å²) in [6.45, 7) is 4.84. The molecule has 0 N–H and O–H groups in total. The van der Waals surface area contributed by atoms with E-state index in [0.29, 0.717) is 11.8 Å². The molecule has 0 fully saturated rings. The molecule has 7 aromatic carbocycles. The third-order valence-electron chi connectivity index (χ3n) is 11.0. The summed E-state index contributed by atoms with van der Waals surface area (Å²) in [5.74, 6) is 0.836. The van der Waals surface area contributed by atoms with Crippen molar-refractivity contribution < 1.29 is 0 Å². The lowest BCUT2D eigenvalue weighted by Crippen LogP contribution is -2.24. The number of rotatable bonds is 6. The van der Waals surface area contributed by atoms with E-state index in [-0.39, 0.29) is 5.41 Å². The van der Waals surface area contributed by atoms with Gasteiger partial charge in [0.1, 0.15) is 0 Å². The first-order valence-corrected chi connectivity index (χ1v) is 17.7. The van der Waals surface area contributed by atoms with Crippen LogP contribution in [0.25, 0.3) is 44.2 Å². The minimum Gasteiger partial charge on any atom is -0.309 e. The molecule has 9 rings (SSSR count). The van der Waals surface area contributed by atoms with Crippen molar-refractivity contribution in [3.05, 3.63) is 199 Å².